The highest BCUT2D eigenvalue weighted by Crippen LogP contribution is 2.44. The number of hydrogen-bond donors (Lipinski definition) is 2. The Kier molecular flexibility index (Phi) is 5.53. The molecule has 1 amide bonds. The zero-order valence-corrected chi connectivity index (χ0v) is 16.1. The van der Waals surface area contributed by atoms with Crippen molar-refractivity contribution < 1.29 is 19.4 Å². The number of carboxylic acids is 1. The molecular weight excluding hydrogens is 366 g/mol. The molecule has 2 N–H and O–H groups in total. The molecule has 0 saturated heterocycles. The molecule has 5 heteroatoms. The van der Waals surface area contributed by atoms with E-state index in [0.29, 0.717) is 6.42 Å². The summed E-state index contributed by atoms with van der Waals surface area (Å²) < 4.78 is 5.60. The minimum atomic E-state index is -1.11. The smallest absolute Gasteiger partial charge is 0.407 e. The van der Waals surface area contributed by atoms with Crippen LogP contribution in [0.4, 0.5) is 4.79 Å². The van der Waals surface area contributed by atoms with Crippen LogP contribution in [0.3, 0.4) is 0 Å². The molecule has 0 radical (unpaired) electrons. The fraction of sp³-hybridized carbons (Fsp3) is 0.333. The summed E-state index contributed by atoms with van der Waals surface area (Å²) in [6, 6.07) is 16.4. The van der Waals surface area contributed by atoms with Gasteiger partial charge >= 0.3 is 12.1 Å². The number of rotatable bonds is 3. The molecule has 0 aromatic heterocycles. The molecule has 0 aliphatic heterocycles. The van der Waals surface area contributed by atoms with Crippen molar-refractivity contribution in [3.63, 3.8) is 0 Å². The van der Waals surface area contributed by atoms with Gasteiger partial charge in [0, 0.05) is 23.8 Å². The van der Waals surface area contributed by atoms with Crippen LogP contribution in [0, 0.1) is 17.8 Å². The van der Waals surface area contributed by atoms with Gasteiger partial charge in [0.2, 0.25) is 0 Å². The number of amides is 1. The van der Waals surface area contributed by atoms with Crippen LogP contribution >= 0.6 is 0 Å². The van der Waals surface area contributed by atoms with Crippen LogP contribution in [-0.2, 0) is 9.53 Å². The third-order valence-corrected chi connectivity index (χ3v) is 5.72. The van der Waals surface area contributed by atoms with Gasteiger partial charge in [-0.15, -0.1) is 0 Å². The van der Waals surface area contributed by atoms with Gasteiger partial charge in [0.15, 0.2) is 0 Å². The van der Waals surface area contributed by atoms with Gasteiger partial charge < -0.3 is 15.2 Å². The number of hydrogen-bond acceptors (Lipinski definition) is 3. The van der Waals surface area contributed by atoms with Crippen molar-refractivity contribution >= 4 is 12.1 Å². The van der Waals surface area contributed by atoms with Gasteiger partial charge in [0.25, 0.3) is 0 Å². The SMILES string of the molecule is O=C(O)C#C[C@@H]1CCC[C@H](NC(=O)OCC2c3ccccc3-c3ccccc32)C1. The molecule has 2 aromatic carbocycles. The average Bonchev–Trinajstić information content (AvgIpc) is 3.05. The predicted molar refractivity (Wildman–Crippen MR) is 109 cm³/mol. The van der Waals surface area contributed by atoms with Crippen LogP contribution in [0.2, 0.25) is 0 Å². The number of carbonyl (C=O) groups excluding carboxylic acids is 1. The summed E-state index contributed by atoms with van der Waals surface area (Å²) in [5, 5.41) is 11.6. The first kappa shape index (κ1) is 19.1. The summed E-state index contributed by atoms with van der Waals surface area (Å²) in [4.78, 5) is 23.0. The summed E-state index contributed by atoms with van der Waals surface area (Å²) in [6.45, 7) is 0.287. The van der Waals surface area contributed by atoms with Crippen LogP contribution in [0.5, 0.6) is 0 Å². The molecule has 2 aromatic rings. The molecule has 0 heterocycles. The topological polar surface area (TPSA) is 75.6 Å². The lowest BCUT2D eigenvalue weighted by Gasteiger charge is -2.26. The van der Waals surface area contributed by atoms with Crippen LogP contribution in [0.25, 0.3) is 11.1 Å². The highest BCUT2D eigenvalue weighted by atomic mass is 16.5. The summed E-state index contributed by atoms with van der Waals surface area (Å²) >= 11 is 0. The molecule has 2 aliphatic carbocycles. The molecule has 1 saturated carbocycles. The Balaban J connectivity index is 1.37. The summed E-state index contributed by atoms with van der Waals surface area (Å²) in [5.74, 6) is 3.89. The van der Waals surface area contributed by atoms with Gasteiger partial charge in [0.1, 0.15) is 6.61 Å². The van der Waals surface area contributed by atoms with Gasteiger partial charge in [-0.3, -0.25) is 0 Å². The third-order valence-electron chi connectivity index (χ3n) is 5.72. The van der Waals surface area contributed by atoms with Crippen LogP contribution in [-0.4, -0.2) is 29.8 Å². The number of ether oxygens (including phenoxy) is 1. The van der Waals surface area contributed by atoms with Gasteiger partial charge in [-0.1, -0.05) is 60.9 Å². The average molecular weight is 389 g/mol. The lowest BCUT2D eigenvalue weighted by atomic mass is 9.86. The van der Waals surface area contributed by atoms with Crippen molar-refractivity contribution in [1.82, 2.24) is 5.32 Å². The fourth-order valence-electron chi connectivity index (χ4n) is 4.42. The van der Waals surface area contributed by atoms with E-state index in [2.05, 4.69) is 41.4 Å². The summed E-state index contributed by atoms with van der Waals surface area (Å²) in [7, 11) is 0. The third kappa shape index (κ3) is 4.27. The summed E-state index contributed by atoms with van der Waals surface area (Å²) in [5.41, 5.74) is 4.76. The first-order valence-electron chi connectivity index (χ1n) is 9.98. The van der Waals surface area contributed by atoms with E-state index in [9.17, 15) is 9.59 Å². The second kappa shape index (κ2) is 8.40. The molecule has 148 valence electrons. The maximum absolute atomic E-state index is 12.4. The van der Waals surface area contributed by atoms with Crippen molar-refractivity contribution in [3.8, 4) is 23.0 Å². The number of carboxylic acid groups (broad SMARTS) is 1. The van der Waals surface area contributed by atoms with Crippen molar-refractivity contribution in [2.75, 3.05) is 6.61 Å². The molecule has 0 spiro atoms. The maximum Gasteiger partial charge on any atom is 0.407 e. The van der Waals surface area contributed by atoms with Crippen molar-refractivity contribution in [1.29, 1.82) is 0 Å². The monoisotopic (exact) mass is 389 g/mol. The standard InChI is InChI=1S/C24H23NO4/c26-23(27)13-12-16-6-5-7-17(14-16)25-24(28)29-15-22-20-10-3-1-8-18(20)19-9-2-4-11-21(19)22/h1-4,8-11,16-17,22H,5-7,14-15H2,(H,25,28)(H,26,27)/t16-,17-/m0/s1. The Bertz CT molecular complexity index is 942. The van der Waals surface area contributed by atoms with E-state index in [0.717, 1.165) is 19.3 Å². The van der Waals surface area contributed by atoms with Crippen molar-refractivity contribution in [2.45, 2.75) is 37.6 Å². The van der Waals surface area contributed by atoms with E-state index in [-0.39, 0.29) is 24.5 Å². The summed E-state index contributed by atoms with van der Waals surface area (Å²) in [6.07, 6.45) is 2.86. The fourth-order valence-corrected chi connectivity index (χ4v) is 4.42. The first-order valence-corrected chi connectivity index (χ1v) is 9.98. The Labute approximate surface area is 170 Å². The van der Waals surface area contributed by atoms with Crippen molar-refractivity contribution in [3.05, 3.63) is 59.7 Å². The Hall–Kier alpha value is -3.26. The molecule has 29 heavy (non-hydrogen) atoms. The lowest BCUT2D eigenvalue weighted by Crippen LogP contribution is -2.39. The molecule has 1 fully saturated rings. The lowest BCUT2D eigenvalue weighted by molar-refractivity contribution is -0.130. The van der Waals surface area contributed by atoms with Gasteiger partial charge in [-0.2, -0.15) is 0 Å². The van der Waals surface area contributed by atoms with E-state index >= 15 is 0 Å². The number of alkyl carbamates (subject to hydrolysis) is 1. The highest BCUT2D eigenvalue weighted by molar-refractivity contribution is 5.86. The number of nitrogens with one attached hydrogen (secondary N) is 1. The van der Waals surface area contributed by atoms with Gasteiger partial charge in [0.05, 0.1) is 0 Å². The van der Waals surface area contributed by atoms with E-state index < -0.39 is 12.1 Å². The van der Waals surface area contributed by atoms with E-state index in [1.165, 1.54) is 22.3 Å². The van der Waals surface area contributed by atoms with Crippen molar-refractivity contribution in [2.24, 2.45) is 5.92 Å². The number of benzene rings is 2. The molecular formula is C24H23NO4. The second-order valence-electron chi connectivity index (χ2n) is 7.60. The Morgan fingerprint density at radius 2 is 1.69 bits per heavy atom. The molecule has 0 unspecified atom stereocenters. The molecule has 5 nitrogen and oxygen atoms in total. The van der Waals surface area contributed by atoms with Crippen LogP contribution < -0.4 is 5.32 Å². The maximum atomic E-state index is 12.4. The second-order valence-corrected chi connectivity index (χ2v) is 7.60. The van der Waals surface area contributed by atoms with Crippen LogP contribution in [0.15, 0.2) is 48.5 Å². The minimum Gasteiger partial charge on any atom is -0.472 e. The van der Waals surface area contributed by atoms with E-state index in [4.69, 9.17) is 9.84 Å². The Morgan fingerprint density at radius 1 is 1.03 bits per heavy atom. The number of carbonyl (C=O) groups is 2. The molecule has 2 aliphatic rings. The van der Waals surface area contributed by atoms with E-state index in [1.807, 2.05) is 24.3 Å². The molecule has 4 rings (SSSR count). The normalized spacial score (nSPS) is 20.0. The highest BCUT2D eigenvalue weighted by Gasteiger charge is 2.29. The molecule has 2 atom stereocenters. The first-order chi connectivity index (χ1) is 14.1. The minimum absolute atomic E-state index is 0.00117. The quantitative estimate of drug-likeness (QED) is 0.773. The van der Waals surface area contributed by atoms with Gasteiger partial charge in [-0.25, -0.2) is 9.59 Å². The zero-order valence-electron chi connectivity index (χ0n) is 16.1. The largest absolute Gasteiger partial charge is 0.472 e. The van der Waals surface area contributed by atoms with Gasteiger partial charge in [-0.05, 0) is 41.5 Å². The molecule has 0 bridgehead atoms. The zero-order chi connectivity index (χ0) is 20.2. The predicted octanol–water partition coefficient (Wildman–Crippen LogP) is 4.17. The Morgan fingerprint density at radius 3 is 2.34 bits per heavy atom. The van der Waals surface area contributed by atoms with E-state index in [1.54, 1.807) is 0 Å². The van der Waals surface area contributed by atoms with Crippen LogP contribution in [0.1, 0.15) is 42.7 Å². The number of fused-ring (bicyclic) bond motifs is 3. The number of aliphatic carboxylic acids is 1.